The molecule has 0 bridgehead atoms. The smallest absolute Gasteiger partial charge is 0.307 e. The normalized spacial score (nSPS) is 25.7. The maximum absolute atomic E-state index is 10.9. The highest BCUT2D eigenvalue weighted by Crippen LogP contribution is 2.38. The van der Waals surface area contributed by atoms with E-state index < -0.39 is 23.7 Å². The Hall–Kier alpha value is -1.59. The molecule has 0 aromatic rings. The van der Waals surface area contributed by atoms with Crippen LogP contribution in [0.2, 0.25) is 0 Å². The van der Waals surface area contributed by atoms with E-state index in [0.29, 0.717) is 12.8 Å². The zero-order valence-electron chi connectivity index (χ0n) is 6.11. The first-order chi connectivity index (χ1) is 5.66. The molecule has 1 aliphatic carbocycles. The molecule has 0 aliphatic heterocycles. The van der Waals surface area contributed by atoms with Crippen LogP contribution in [0.1, 0.15) is 6.42 Å². The molecular weight excluding hydrogens is 164 g/mol. The van der Waals surface area contributed by atoms with Gasteiger partial charge in [-0.25, -0.2) is 0 Å². The van der Waals surface area contributed by atoms with Gasteiger partial charge in [-0.1, -0.05) is 0 Å². The van der Waals surface area contributed by atoms with Gasteiger partial charge in [0.05, 0.1) is 11.8 Å². The molecule has 2 unspecified atom stereocenters. The number of hydrazine groups is 1. The van der Waals surface area contributed by atoms with Crippen molar-refractivity contribution in [2.75, 3.05) is 0 Å². The molecule has 6 heteroatoms. The molecule has 1 rings (SSSR count). The summed E-state index contributed by atoms with van der Waals surface area (Å²) in [5.74, 6) is -2.50. The third-order valence-corrected chi connectivity index (χ3v) is 1.70. The van der Waals surface area contributed by atoms with Gasteiger partial charge in [-0.15, -0.1) is 0 Å². The Kier molecular flexibility index (Phi) is 2.27. The number of carboxylic acid groups (broad SMARTS) is 1. The number of carbonyl (C=O) groups is 3. The van der Waals surface area contributed by atoms with Crippen molar-refractivity contribution in [3.05, 3.63) is 0 Å². The first-order valence-corrected chi connectivity index (χ1v) is 3.38. The Morgan fingerprint density at radius 1 is 1.42 bits per heavy atom. The van der Waals surface area contributed by atoms with Gasteiger partial charge < -0.3 is 5.11 Å². The zero-order chi connectivity index (χ0) is 9.14. The van der Waals surface area contributed by atoms with Crippen LogP contribution in [0, 0.1) is 11.8 Å². The van der Waals surface area contributed by atoms with E-state index in [9.17, 15) is 14.4 Å². The predicted molar refractivity (Wildman–Crippen MR) is 36.6 cm³/mol. The van der Waals surface area contributed by atoms with Gasteiger partial charge in [-0.05, 0) is 6.42 Å². The lowest BCUT2D eigenvalue weighted by atomic mass is 10.3. The van der Waals surface area contributed by atoms with Crippen molar-refractivity contribution in [1.29, 1.82) is 0 Å². The first kappa shape index (κ1) is 8.51. The number of aliphatic carboxylic acids is 1. The Balaban J connectivity index is 2.28. The second-order valence-electron chi connectivity index (χ2n) is 2.54. The fourth-order valence-corrected chi connectivity index (χ4v) is 0.951. The summed E-state index contributed by atoms with van der Waals surface area (Å²) < 4.78 is 0. The Morgan fingerprint density at radius 3 is 2.50 bits per heavy atom. The molecular formula is C6H8N2O4. The van der Waals surface area contributed by atoms with Crippen LogP contribution in [-0.4, -0.2) is 23.4 Å². The molecule has 66 valence electrons. The lowest BCUT2D eigenvalue weighted by Gasteiger charge is -1.99. The molecule has 0 spiro atoms. The van der Waals surface area contributed by atoms with Crippen LogP contribution in [-0.2, 0) is 14.4 Å². The summed E-state index contributed by atoms with van der Waals surface area (Å²) >= 11 is 0. The second-order valence-corrected chi connectivity index (χ2v) is 2.54. The van der Waals surface area contributed by atoms with Crippen molar-refractivity contribution in [3.63, 3.8) is 0 Å². The van der Waals surface area contributed by atoms with Gasteiger partial charge in [-0.3, -0.25) is 25.2 Å². The van der Waals surface area contributed by atoms with Crippen molar-refractivity contribution >= 4 is 18.3 Å². The molecule has 0 saturated heterocycles. The van der Waals surface area contributed by atoms with Gasteiger partial charge in [0.15, 0.2) is 0 Å². The number of hydrogen-bond acceptors (Lipinski definition) is 3. The summed E-state index contributed by atoms with van der Waals surface area (Å²) in [7, 11) is 0. The number of carbonyl (C=O) groups excluding carboxylic acids is 2. The number of hydrogen-bond donors (Lipinski definition) is 3. The summed E-state index contributed by atoms with van der Waals surface area (Å²) in [5.41, 5.74) is 4.01. The number of nitrogens with one attached hydrogen (secondary N) is 2. The zero-order valence-corrected chi connectivity index (χ0v) is 6.11. The highest BCUT2D eigenvalue weighted by molar-refractivity contribution is 5.89. The van der Waals surface area contributed by atoms with E-state index >= 15 is 0 Å². The average Bonchev–Trinajstić information content (AvgIpc) is 2.78. The maximum atomic E-state index is 10.9. The Labute approximate surface area is 67.9 Å². The summed E-state index contributed by atoms with van der Waals surface area (Å²) in [6.07, 6.45) is 0.664. The first-order valence-electron chi connectivity index (χ1n) is 3.38. The molecule has 6 nitrogen and oxygen atoms in total. The minimum absolute atomic E-state index is 0.316. The van der Waals surface area contributed by atoms with E-state index in [4.69, 9.17) is 5.11 Å². The molecule has 2 atom stereocenters. The van der Waals surface area contributed by atoms with Gasteiger partial charge in [0.2, 0.25) is 12.3 Å². The van der Waals surface area contributed by atoms with Gasteiger partial charge in [-0.2, -0.15) is 0 Å². The van der Waals surface area contributed by atoms with Gasteiger partial charge in [0.1, 0.15) is 0 Å². The molecule has 12 heavy (non-hydrogen) atoms. The monoisotopic (exact) mass is 172 g/mol. The number of carboxylic acids is 1. The summed E-state index contributed by atoms with van der Waals surface area (Å²) in [5, 5.41) is 8.43. The molecule has 0 aromatic heterocycles. The van der Waals surface area contributed by atoms with E-state index in [1.165, 1.54) is 0 Å². The predicted octanol–water partition coefficient (Wildman–Crippen LogP) is -1.52. The molecule has 0 heterocycles. The summed E-state index contributed by atoms with van der Waals surface area (Å²) in [6, 6.07) is 0. The van der Waals surface area contributed by atoms with Crippen LogP contribution in [0.15, 0.2) is 0 Å². The van der Waals surface area contributed by atoms with Crippen LogP contribution >= 0.6 is 0 Å². The largest absolute Gasteiger partial charge is 0.481 e. The molecule has 1 fully saturated rings. The fourth-order valence-electron chi connectivity index (χ4n) is 0.951. The van der Waals surface area contributed by atoms with Crippen LogP contribution < -0.4 is 10.9 Å². The molecule has 2 amide bonds. The lowest BCUT2D eigenvalue weighted by Crippen LogP contribution is -2.37. The number of rotatable bonds is 4. The van der Waals surface area contributed by atoms with Crippen molar-refractivity contribution < 1.29 is 19.5 Å². The van der Waals surface area contributed by atoms with Gasteiger partial charge in [0, 0.05) is 0 Å². The topological polar surface area (TPSA) is 95.5 Å². The van der Waals surface area contributed by atoms with Crippen LogP contribution in [0.3, 0.4) is 0 Å². The van der Waals surface area contributed by atoms with Gasteiger partial charge in [0.25, 0.3) is 0 Å². The highest BCUT2D eigenvalue weighted by atomic mass is 16.4. The summed E-state index contributed by atoms with van der Waals surface area (Å²) in [4.78, 5) is 30.9. The SMILES string of the molecule is O=CNNC(=O)C1CC1C(=O)O. The maximum Gasteiger partial charge on any atom is 0.307 e. The van der Waals surface area contributed by atoms with E-state index in [1.807, 2.05) is 5.43 Å². The molecule has 1 aliphatic rings. The quantitative estimate of drug-likeness (QED) is 0.354. The van der Waals surface area contributed by atoms with Crippen molar-refractivity contribution in [1.82, 2.24) is 10.9 Å². The lowest BCUT2D eigenvalue weighted by molar-refractivity contribution is -0.140. The van der Waals surface area contributed by atoms with E-state index in [0.717, 1.165) is 0 Å². The van der Waals surface area contributed by atoms with Crippen molar-refractivity contribution in [2.45, 2.75) is 6.42 Å². The number of amides is 2. The minimum atomic E-state index is -0.971. The highest BCUT2D eigenvalue weighted by Gasteiger charge is 2.48. The molecule has 1 saturated carbocycles. The third kappa shape index (κ3) is 1.71. The summed E-state index contributed by atoms with van der Waals surface area (Å²) in [6.45, 7) is 0. The van der Waals surface area contributed by atoms with E-state index in [-0.39, 0.29) is 0 Å². The van der Waals surface area contributed by atoms with Crippen LogP contribution in [0.4, 0.5) is 0 Å². The second kappa shape index (κ2) is 3.21. The van der Waals surface area contributed by atoms with Crippen LogP contribution in [0.25, 0.3) is 0 Å². The Bertz CT molecular complexity index is 228. The molecule has 3 N–H and O–H groups in total. The van der Waals surface area contributed by atoms with Crippen molar-refractivity contribution in [3.8, 4) is 0 Å². The van der Waals surface area contributed by atoms with Gasteiger partial charge >= 0.3 is 5.97 Å². The molecule has 0 aromatic carbocycles. The third-order valence-electron chi connectivity index (χ3n) is 1.70. The van der Waals surface area contributed by atoms with Crippen LogP contribution in [0.5, 0.6) is 0 Å². The van der Waals surface area contributed by atoms with E-state index in [2.05, 4.69) is 5.43 Å². The Morgan fingerprint density at radius 2 is 2.08 bits per heavy atom. The van der Waals surface area contributed by atoms with Crippen molar-refractivity contribution in [2.24, 2.45) is 11.8 Å². The minimum Gasteiger partial charge on any atom is -0.481 e. The average molecular weight is 172 g/mol. The van der Waals surface area contributed by atoms with E-state index in [1.54, 1.807) is 0 Å². The fraction of sp³-hybridized carbons (Fsp3) is 0.500. The molecule has 0 radical (unpaired) electrons. The standard InChI is InChI=1S/C6H8N2O4/c9-2-7-8-5(10)3-1-4(3)6(11)12/h2-4H,1H2,(H,7,9)(H,8,10)(H,11,12).